The maximum atomic E-state index is 10.4. The van der Waals surface area contributed by atoms with Gasteiger partial charge in [0.1, 0.15) is 5.78 Å². The monoisotopic (exact) mass is 135 g/mol. The SMILES string of the molecule is Cl.N[C@@H]1CCCC1=O. The number of ketones is 1. The van der Waals surface area contributed by atoms with Crippen molar-refractivity contribution >= 4 is 18.2 Å². The van der Waals surface area contributed by atoms with Crippen LogP contribution in [0.3, 0.4) is 0 Å². The van der Waals surface area contributed by atoms with Gasteiger partial charge in [0.25, 0.3) is 0 Å². The molecule has 1 rings (SSSR count). The number of carbonyl (C=O) groups excluding carboxylic acids is 1. The molecule has 0 aliphatic heterocycles. The smallest absolute Gasteiger partial charge is 0.149 e. The van der Waals surface area contributed by atoms with Crippen LogP contribution < -0.4 is 5.73 Å². The Morgan fingerprint density at radius 2 is 2.25 bits per heavy atom. The van der Waals surface area contributed by atoms with Crippen LogP contribution in [-0.4, -0.2) is 11.8 Å². The van der Waals surface area contributed by atoms with E-state index in [2.05, 4.69) is 0 Å². The molecule has 0 aromatic heterocycles. The lowest BCUT2D eigenvalue weighted by molar-refractivity contribution is -0.118. The fraction of sp³-hybridized carbons (Fsp3) is 0.800. The average Bonchev–Trinajstić information content (AvgIpc) is 1.91. The first-order valence-electron chi connectivity index (χ1n) is 2.59. The van der Waals surface area contributed by atoms with Crippen molar-refractivity contribution in [2.45, 2.75) is 25.3 Å². The van der Waals surface area contributed by atoms with Crippen LogP contribution in [0, 0.1) is 0 Å². The van der Waals surface area contributed by atoms with Crippen molar-refractivity contribution in [1.29, 1.82) is 0 Å². The molecule has 8 heavy (non-hydrogen) atoms. The summed E-state index contributed by atoms with van der Waals surface area (Å²) < 4.78 is 0. The molecule has 1 fully saturated rings. The molecule has 2 N–H and O–H groups in total. The summed E-state index contributed by atoms with van der Waals surface area (Å²) in [6.07, 6.45) is 2.61. The molecule has 1 aliphatic rings. The Bertz CT molecular complexity index is 94.4. The third-order valence-electron chi connectivity index (χ3n) is 1.35. The van der Waals surface area contributed by atoms with Crippen molar-refractivity contribution in [3.63, 3.8) is 0 Å². The maximum absolute atomic E-state index is 10.4. The summed E-state index contributed by atoms with van der Waals surface area (Å²) in [6, 6.07) is -0.125. The van der Waals surface area contributed by atoms with E-state index in [9.17, 15) is 4.79 Å². The first-order chi connectivity index (χ1) is 3.30. The van der Waals surface area contributed by atoms with Gasteiger partial charge in [0.05, 0.1) is 6.04 Å². The molecule has 0 radical (unpaired) electrons. The second kappa shape index (κ2) is 3.05. The van der Waals surface area contributed by atoms with E-state index < -0.39 is 0 Å². The maximum Gasteiger partial charge on any atom is 0.149 e. The Hall–Kier alpha value is -0.0800. The summed E-state index contributed by atoms with van der Waals surface area (Å²) >= 11 is 0. The lowest BCUT2D eigenvalue weighted by atomic mass is 10.3. The van der Waals surface area contributed by atoms with Gasteiger partial charge in [0, 0.05) is 6.42 Å². The van der Waals surface area contributed by atoms with E-state index >= 15 is 0 Å². The molecule has 0 heterocycles. The Labute approximate surface area is 54.8 Å². The molecule has 1 atom stereocenters. The molecule has 2 nitrogen and oxygen atoms in total. The van der Waals surface area contributed by atoms with Crippen LogP contribution in [0.5, 0.6) is 0 Å². The van der Waals surface area contributed by atoms with Crippen molar-refractivity contribution in [2.75, 3.05) is 0 Å². The van der Waals surface area contributed by atoms with Crippen molar-refractivity contribution in [1.82, 2.24) is 0 Å². The number of rotatable bonds is 0. The molecule has 0 spiro atoms. The van der Waals surface area contributed by atoms with Gasteiger partial charge in [0.15, 0.2) is 0 Å². The van der Waals surface area contributed by atoms with Crippen LogP contribution in [0.4, 0.5) is 0 Å². The highest BCUT2D eigenvalue weighted by atomic mass is 35.5. The molecule has 3 heteroatoms. The Morgan fingerprint density at radius 1 is 1.62 bits per heavy atom. The minimum atomic E-state index is -0.125. The largest absolute Gasteiger partial charge is 0.322 e. The summed E-state index contributed by atoms with van der Waals surface area (Å²) in [5.74, 6) is 0.236. The van der Waals surface area contributed by atoms with E-state index in [0.717, 1.165) is 12.8 Å². The van der Waals surface area contributed by atoms with E-state index in [0.29, 0.717) is 6.42 Å². The van der Waals surface area contributed by atoms with Gasteiger partial charge in [-0.05, 0) is 12.8 Å². The van der Waals surface area contributed by atoms with E-state index in [1.54, 1.807) is 0 Å². The van der Waals surface area contributed by atoms with E-state index in [-0.39, 0.29) is 24.2 Å². The standard InChI is InChI=1S/C5H9NO.ClH/c6-4-2-1-3-5(4)7;/h4H,1-3,6H2;1H/t4-;/m1./s1. The third kappa shape index (κ3) is 1.46. The summed E-state index contributed by atoms with van der Waals surface area (Å²) in [5.41, 5.74) is 5.33. The molecule has 1 saturated carbocycles. The second-order valence-corrected chi connectivity index (χ2v) is 1.97. The van der Waals surface area contributed by atoms with Gasteiger partial charge in [-0.1, -0.05) is 0 Å². The normalized spacial score (nSPS) is 27.6. The zero-order chi connectivity index (χ0) is 5.28. The van der Waals surface area contributed by atoms with Crippen molar-refractivity contribution in [3.8, 4) is 0 Å². The number of halogens is 1. The molecule has 0 bridgehead atoms. The summed E-state index contributed by atoms with van der Waals surface area (Å²) in [4.78, 5) is 10.4. The van der Waals surface area contributed by atoms with Crippen LogP contribution >= 0.6 is 12.4 Å². The van der Waals surface area contributed by atoms with Gasteiger partial charge in [-0.15, -0.1) is 12.4 Å². The molecule has 0 saturated heterocycles. The lowest BCUT2D eigenvalue weighted by Gasteiger charge is -1.92. The van der Waals surface area contributed by atoms with Crippen LogP contribution in [0.1, 0.15) is 19.3 Å². The molecule has 0 aromatic rings. The highest BCUT2D eigenvalue weighted by Gasteiger charge is 2.18. The number of hydrogen-bond acceptors (Lipinski definition) is 2. The third-order valence-corrected chi connectivity index (χ3v) is 1.35. The van der Waals surface area contributed by atoms with Crippen molar-refractivity contribution in [2.24, 2.45) is 5.73 Å². The Balaban J connectivity index is 0.000000490. The quantitative estimate of drug-likeness (QED) is 0.525. The first-order valence-corrected chi connectivity index (χ1v) is 2.59. The second-order valence-electron chi connectivity index (χ2n) is 1.97. The topological polar surface area (TPSA) is 43.1 Å². The van der Waals surface area contributed by atoms with Gasteiger partial charge in [0.2, 0.25) is 0 Å². The fourth-order valence-electron chi connectivity index (χ4n) is 0.843. The van der Waals surface area contributed by atoms with Crippen LogP contribution in [-0.2, 0) is 4.79 Å². The lowest BCUT2D eigenvalue weighted by Crippen LogP contribution is -2.23. The van der Waals surface area contributed by atoms with Crippen LogP contribution in [0.15, 0.2) is 0 Å². The Morgan fingerprint density at radius 3 is 2.38 bits per heavy atom. The predicted octanol–water partition coefficient (Wildman–Crippen LogP) is 0.488. The van der Waals surface area contributed by atoms with Crippen molar-refractivity contribution < 1.29 is 4.79 Å². The molecule has 0 aromatic carbocycles. The molecule has 1 aliphatic carbocycles. The highest BCUT2D eigenvalue weighted by molar-refractivity contribution is 5.85. The molecule has 0 unspecified atom stereocenters. The van der Waals surface area contributed by atoms with Gasteiger partial charge < -0.3 is 5.73 Å². The molecular weight excluding hydrogens is 126 g/mol. The molecule has 0 amide bonds. The minimum absolute atomic E-state index is 0. The van der Waals surface area contributed by atoms with Gasteiger partial charge in [-0.25, -0.2) is 0 Å². The number of Topliss-reactive ketones (excluding diaryl/α,β-unsaturated/α-hetero) is 1. The van der Waals surface area contributed by atoms with Crippen LogP contribution in [0.25, 0.3) is 0 Å². The van der Waals surface area contributed by atoms with E-state index in [4.69, 9.17) is 5.73 Å². The van der Waals surface area contributed by atoms with Crippen LogP contribution in [0.2, 0.25) is 0 Å². The van der Waals surface area contributed by atoms with Gasteiger partial charge in [-0.2, -0.15) is 0 Å². The van der Waals surface area contributed by atoms with Gasteiger partial charge >= 0.3 is 0 Å². The average molecular weight is 136 g/mol. The zero-order valence-electron chi connectivity index (χ0n) is 4.59. The number of hydrogen-bond donors (Lipinski definition) is 1. The summed E-state index contributed by atoms with van der Waals surface area (Å²) in [5, 5.41) is 0. The summed E-state index contributed by atoms with van der Waals surface area (Å²) in [6.45, 7) is 0. The predicted molar refractivity (Wildman–Crippen MR) is 34.1 cm³/mol. The molecule has 48 valence electrons. The summed E-state index contributed by atoms with van der Waals surface area (Å²) in [7, 11) is 0. The minimum Gasteiger partial charge on any atom is -0.322 e. The highest BCUT2D eigenvalue weighted by Crippen LogP contribution is 2.10. The number of nitrogens with two attached hydrogens (primary N) is 1. The van der Waals surface area contributed by atoms with E-state index in [1.165, 1.54) is 0 Å². The Kier molecular flexibility index (Phi) is 3.02. The molecular formula is C5H10ClNO. The van der Waals surface area contributed by atoms with Crippen molar-refractivity contribution in [3.05, 3.63) is 0 Å². The fourth-order valence-corrected chi connectivity index (χ4v) is 0.843. The van der Waals surface area contributed by atoms with Gasteiger partial charge in [-0.3, -0.25) is 4.79 Å². The zero-order valence-corrected chi connectivity index (χ0v) is 5.41. The van der Waals surface area contributed by atoms with E-state index in [1.807, 2.05) is 0 Å². The first kappa shape index (κ1) is 7.92. The number of carbonyl (C=O) groups is 1.